The van der Waals surface area contributed by atoms with Gasteiger partial charge < -0.3 is 10.2 Å². The Morgan fingerprint density at radius 3 is 2.83 bits per heavy atom. The van der Waals surface area contributed by atoms with Gasteiger partial charge in [0.05, 0.1) is 0 Å². The Morgan fingerprint density at radius 1 is 1.75 bits per heavy atom. The maximum absolute atomic E-state index is 8.53. The van der Waals surface area contributed by atoms with E-state index in [0.29, 0.717) is 5.89 Å². The van der Waals surface area contributed by atoms with Crippen molar-refractivity contribution in [2.45, 2.75) is 26.2 Å². The Labute approximate surface area is 71.0 Å². The third kappa shape index (κ3) is 1.40. The van der Waals surface area contributed by atoms with Crippen LogP contribution in [0.4, 0.5) is 5.88 Å². The molecule has 1 aromatic rings. The van der Waals surface area contributed by atoms with Crippen molar-refractivity contribution < 1.29 is 4.42 Å². The summed E-state index contributed by atoms with van der Waals surface area (Å²) in [7, 11) is 0. The number of nitrogens with two attached hydrogens (primary N) is 1. The minimum absolute atomic E-state index is 0.118. The molecule has 0 aliphatic carbocycles. The molecule has 1 atom stereocenters. The van der Waals surface area contributed by atoms with E-state index in [2.05, 4.69) is 4.98 Å². The number of oxazole rings is 1. The molecule has 1 aromatic heterocycles. The van der Waals surface area contributed by atoms with Gasteiger partial charge in [0.25, 0.3) is 0 Å². The van der Waals surface area contributed by atoms with E-state index in [1.54, 1.807) is 0 Å². The van der Waals surface area contributed by atoms with Crippen molar-refractivity contribution in [2.24, 2.45) is 0 Å². The Bertz CT molecular complexity index is 311. The Morgan fingerprint density at radius 2 is 2.42 bits per heavy atom. The molecular weight excluding hydrogens is 154 g/mol. The van der Waals surface area contributed by atoms with E-state index in [0.717, 1.165) is 6.42 Å². The molecule has 12 heavy (non-hydrogen) atoms. The lowest BCUT2D eigenvalue weighted by Gasteiger charge is -1.99. The monoisotopic (exact) mass is 165 g/mol. The molecule has 4 nitrogen and oxygen atoms in total. The maximum atomic E-state index is 8.53. The van der Waals surface area contributed by atoms with Gasteiger partial charge in [0, 0.05) is 5.92 Å². The van der Waals surface area contributed by atoms with E-state index in [1.807, 2.05) is 19.9 Å². The minimum atomic E-state index is 0.118. The third-order valence-electron chi connectivity index (χ3n) is 1.81. The van der Waals surface area contributed by atoms with E-state index in [1.165, 1.54) is 0 Å². The molecule has 0 aliphatic heterocycles. The Kier molecular flexibility index (Phi) is 2.34. The zero-order valence-corrected chi connectivity index (χ0v) is 7.16. The summed E-state index contributed by atoms with van der Waals surface area (Å²) in [5.41, 5.74) is 5.58. The predicted molar refractivity (Wildman–Crippen MR) is 44.3 cm³/mol. The zero-order chi connectivity index (χ0) is 9.14. The molecule has 0 aromatic carbocycles. The highest BCUT2D eigenvalue weighted by Crippen LogP contribution is 2.21. The molecule has 0 aliphatic rings. The quantitative estimate of drug-likeness (QED) is 0.722. The third-order valence-corrected chi connectivity index (χ3v) is 1.81. The van der Waals surface area contributed by atoms with Gasteiger partial charge in [-0.1, -0.05) is 13.8 Å². The van der Waals surface area contributed by atoms with Gasteiger partial charge in [0.15, 0.2) is 0 Å². The summed E-state index contributed by atoms with van der Waals surface area (Å²) in [6.45, 7) is 4.00. The molecule has 0 radical (unpaired) electrons. The average molecular weight is 165 g/mol. The van der Waals surface area contributed by atoms with Crippen molar-refractivity contribution in [3.63, 3.8) is 0 Å². The standard InChI is InChI=1S/C8H11N3O/c1-3-5(2)8-11-6(4-9)7(10)12-8/h5H,3,10H2,1-2H3. The summed E-state index contributed by atoms with van der Waals surface area (Å²) in [5, 5.41) is 8.53. The molecular formula is C8H11N3O. The number of hydrogen-bond acceptors (Lipinski definition) is 4. The second kappa shape index (κ2) is 3.26. The number of aromatic nitrogens is 1. The first-order chi connectivity index (χ1) is 5.69. The van der Waals surface area contributed by atoms with Crippen molar-refractivity contribution in [1.29, 1.82) is 5.26 Å². The summed E-state index contributed by atoms with van der Waals surface area (Å²) in [4.78, 5) is 3.95. The highest BCUT2D eigenvalue weighted by atomic mass is 16.4. The second-order valence-corrected chi connectivity index (χ2v) is 2.69. The summed E-state index contributed by atoms with van der Waals surface area (Å²) < 4.78 is 5.10. The van der Waals surface area contributed by atoms with Crippen LogP contribution in [0, 0.1) is 11.3 Å². The second-order valence-electron chi connectivity index (χ2n) is 2.69. The lowest BCUT2D eigenvalue weighted by atomic mass is 10.1. The van der Waals surface area contributed by atoms with Crippen LogP contribution in [0.2, 0.25) is 0 Å². The molecule has 64 valence electrons. The lowest BCUT2D eigenvalue weighted by Crippen LogP contribution is -1.90. The van der Waals surface area contributed by atoms with E-state index in [4.69, 9.17) is 15.4 Å². The van der Waals surface area contributed by atoms with Gasteiger partial charge in [-0.2, -0.15) is 5.26 Å². The molecule has 0 fully saturated rings. The fourth-order valence-electron chi connectivity index (χ4n) is 0.815. The van der Waals surface area contributed by atoms with Crippen molar-refractivity contribution in [1.82, 2.24) is 4.98 Å². The van der Waals surface area contributed by atoms with Gasteiger partial charge in [0.2, 0.25) is 17.5 Å². The number of nitriles is 1. The number of rotatable bonds is 2. The fourth-order valence-corrected chi connectivity index (χ4v) is 0.815. The van der Waals surface area contributed by atoms with E-state index >= 15 is 0 Å². The van der Waals surface area contributed by atoms with Crippen LogP contribution >= 0.6 is 0 Å². The fraction of sp³-hybridized carbons (Fsp3) is 0.500. The summed E-state index contributed by atoms with van der Waals surface area (Å²) in [6, 6.07) is 1.86. The molecule has 0 amide bonds. The van der Waals surface area contributed by atoms with Crippen LogP contribution in [0.5, 0.6) is 0 Å². The summed E-state index contributed by atoms with van der Waals surface area (Å²) in [6.07, 6.45) is 0.921. The van der Waals surface area contributed by atoms with Gasteiger partial charge in [-0.05, 0) is 6.42 Å². The van der Waals surface area contributed by atoms with Gasteiger partial charge >= 0.3 is 0 Å². The minimum Gasteiger partial charge on any atom is -0.424 e. The van der Waals surface area contributed by atoms with Crippen LogP contribution in [0.15, 0.2) is 4.42 Å². The zero-order valence-electron chi connectivity index (χ0n) is 7.16. The van der Waals surface area contributed by atoms with Crippen LogP contribution in [-0.2, 0) is 0 Å². The highest BCUT2D eigenvalue weighted by molar-refractivity contribution is 5.40. The molecule has 4 heteroatoms. The SMILES string of the molecule is CCC(C)c1nc(C#N)c(N)o1. The molecule has 1 rings (SSSR count). The van der Waals surface area contributed by atoms with Crippen LogP contribution in [0.3, 0.4) is 0 Å². The molecule has 1 heterocycles. The summed E-state index contributed by atoms with van der Waals surface area (Å²) >= 11 is 0. The Hall–Kier alpha value is -1.50. The molecule has 0 bridgehead atoms. The molecule has 0 spiro atoms. The van der Waals surface area contributed by atoms with Crippen molar-refractivity contribution >= 4 is 5.88 Å². The first-order valence-corrected chi connectivity index (χ1v) is 3.85. The van der Waals surface area contributed by atoms with Crippen molar-refractivity contribution in [3.05, 3.63) is 11.6 Å². The van der Waals surface area contributed by atoms with E-state index in [-0.39, 0.29) is 17.5 Å². The van der Waals surface area contributed by atoms with Crippen LogP contribution < -0.4 is 5.73 Å². The number of nitrogen functional groups attached to an aromatic ring is 1. The largest absolute Gasteiger partial charge is 0.424 e. The first kappa shape index (κ1) is 8.60. The normalized spacial score (nSPS) is 12.4. The summed E-state index contributed by atoms with van der Waals surface area (Å²) in [5.74, 6) is 0.883. The Balaban J connectivity index is 2.98. The van der Waals surface area contributed by atoms with Crippen molar-refractivity contribution in [2.75, 3.05) is 5.73 Å². The van der Waals surface area contributed by atoms with Crippen molar-refractivity contribution in [3.8, 4) is 6.07 Å². The average Bonchev–Trinajstić information content (AvgIpc) is 2.45. The molecule has 2 N–H and O–H groups in total. The topological polar surface area (TPSA) is 75.8 Å². The van der Waals surface area contributed by atoms with Gasteiger partial charge in [0.1, 0.15) is 6.07 Å². The highest BCUT2D eigenvalue weighted by Gasteiger charge is 2.13. The lowest BCUT2D eigenvalue weighted by molar-refractivity contribution is 0.465. The van der Waals surface area contributed by atoms with Gasteiger partial charge in [-0.15, -0.1) is 0 Å². The molecule has 1 unspecified atom stereocenters. The number of nitrogens with zero attached hydrogens (tertiary/aromatic N) is 2. The van der Waals surface area contributed by atoms with E-state index in [9.17, 15) is 0 Å². The number of hydrogen-bond donors (Lipinski definition) is 1. The number of anilines is 1. The maximum Gasteiger partial charge on any atom is 0.229 e. The van der Waals surface area contributed by atoms with Gasteiger partial charge in [-0.25, -0.2) is 4.98 Å². The smallest absolute Gasteiger partial charge is 0.229 e. The first-order valence-electron chi connectivity index (χ1n) is 3.85. The molecule has 0 saturated carbocycles. The van der Waals surface area contributed by atoms with E-state index < -0.39 is 0 Å². The predicted octanol–water partition coefficient (Wildman–Crippen LogP) is 1.64. The van der Waals surface area contributed by atoms with Crippen LogP contribution in [0.1, 0.15) is 37.8 Å². The van der Waals surface area contributed by atoms with Gasteiger partial charge in [-0.3, -0.25) is 0 Å². The molecule has 0 saturated heterocycles. The van der Waals surface area contributed by atoms with Crippen LogP contribution in [0.25, 0.3) is 0 Å². The van der Waals surface area contributed by atoms with Crippen LogP contribution in [-0.4, -0.2) is 4.98 Å².